The second kappa shape index (κ2) is 11.0. The Hall–Kier alpha value is -6.58. The molecule has 49 heavy (non-hydrogen) atoms. The van der Waals surface area contributed by atoms with Crippen molar-refractivity contribution in [3.63, 3.8) is 0 Å². The van der Waals surface area contributed by atoms with E-state index in [1.54, 1.807) is 0 Å². The Labute approximate surface area is 283 Å². The van der Waals surface area contributed by atoms with Crippen molar-refractivity contribution in [2.45, 2.75) is 0 Å². The molecule has 0 aliphatic carbocycles. The third-order valence-electron chi connectivity index (χ3n) is 9.78. The third kappa shape index (κ3) is 4.37. The van der Waals surface area contributed by atoms with E-state index in [0.717, 1.165) is 38.8 Å². The van der Waals surface area contributed by atoms with E-state index in [1.807, 2.05) is 0 Å². The van der Waals surface area contributed by atoms with E-state index in [4.69, 9.17) is 9.97 Å². The van der Waals surface area contributed by atoms with Crippen LogP contribution in [-0.4, -0.2) is 14.5 Å². The Kier molecular flexibility index (Phi) is 6.18. The molecule has 10 rings (SSSR count). The van der Waals surface area contributed by atoms with E-state index in [-0.39, 0.29) is 0 Å². The van der Waals surface area contributed by atoms with E-state index < -0.39 is 0 Å². The van der Waals surface area contributed by atoms with Crippen molar-refractivity contribution in [1.29, 1.82) is 0 Å². The van der Waals surface area contributed by atoms with Gasteiger partial charge >= 0.3 is 0 Å². The van der Waals surface area contributed by atoms with Crippen molar-refractivity contribution < 1.29 is 0 Å². The Bertz CT molecular complexity index is 2870. The van der Waals surface area contributed by atoms with Crippen LogP contribution in [0.15, 0.2) is 176 Å². The summed E-state index contributed by atoms with van der Waals surface area (Å²) in [5.41, 5.74) is 9.76. The number of para-hydroxylation sites is 1. The van der Waals surface area contributed by atoms with Gasteiger partial charge in [0.2, 0.25) is 5.95 Å². The average Bonchev–Trinajstić information content (AvgIpc) is 3.53. The highest BCUT2D eigenvalue weighted by Gasteiger charge is 2.22. The van der Waals surface area contributed by atoms with Crippen LogP contribution in [0.5, 0.6) is 0 Å². The molecular formula is C46H29N3. The van der Waals surface area contributed by atoms with Gasteiger partial charge in [-0.15, -0.1) is 0 Å². The molecular weight excluding hydrogens is 595 g/mol. The molecule has 0 spiro atoms. The van der Waals surface area contributed by atoms with Crippen molar-refractivity contribution in [3.8, 4) is 39.5 Å². The van der Waals surface area contributed by atoms with Crippen molar-refractivity contribution in [1.82, 2.24) is 14.5 Å². The summed E-state index contributed by atoms with van der Waals surface area (Å²) >= 11 is 0. The second-order valence-electron chi connectivity index (χ2n) is 12.6. The van der Waals surface area contributed by atoms with Gasteiger partial charge in [0, 0.05) is 21.7 Å². The highest BCUT2D eigenvalue weighted by molar-refractivity contribution is 6.30. The monoisotopic (exact) mass is 623 g/mol. The summed E-state index contributed by atoms with van der Waals surface area (Å²) in [4.78, 5) is 10.8. The number of aromatic nitrogens is 3. The standard InChI is InChI=1S/C46H29N3/c1-3-14-30(15-4-1)33-19-13-20-34(28-33)45-38-24-11-12-25-40(38)47-46(48-45)49-41-27-26-32-18-7-8-21-35(32)43(41)44-37-23-10-9-22-36(37)39(29-42(44)49)31-16-5-2-6-17-31/h1-29H. The molecule has 2 heterocycles. The zero-order valence-electron chi connectivity index (χ0n) is 26.6. The van der Waals surface area contributed by atoms with Crippen LogP contribution in [0.2, 0.25) is 0 Å². The maximum atomic E-state index is 5.46. The van der Waals surface area contributed by atoms with Crippen molar-refractivity contribution in [3.05, 3.63) is 176 Å². The van der Waals surface area contributed by atoms with Crippen molar-refractivity contribution in [2.75, 3.05) is 0 Å². The van der Waals surface area contributed by atoms with Crippen LogP contribution in [0.1, 0.15) is 0 Å². The first kappa shape index (κ1) is 27.5. The molecule has 0 aliphatic rings. The van der Waals surface area contributed by atoms with Crippen molar-refractivity contribution in [2.24, 2.45) is 0 Å². The van der Waals surface area contributed by atoms with E-state index in [2.05, 4.69) is 180 Å². The smallest absolute Gasteiger partial charge is 0.235 e. The van der Waals surface area contributed by atoms with Crippen LogP contribution in [-0.2, 0) is 0 Å². The SMILES string of the molecule is c1ccc(-c2cccc(-c3nc(-n4c5ccc6ccccc6c5c5c6ccccc6c(-c6ccccc6)cc54)nc4ccccc34)c2)cc1. The molecule has 0 atom stereocenters. The molecule has 2 aromatic heterocycles. The first-order chi connectivity index (χ1) is 24.3. The summed E-state index contributed by atoms with van der Waals surface area (Å²) in [5, 5.41) is 8.33. The Morgan fingerprint density at radius 3 is 1.80 bits per heavy atom. The highest BCUT2D eigenvalue weighted by Crippen LogP contribution is 2.44. The van der Waals surface area contributed by atoms with E-state index in [9.17, 15) is 0 Å². The fourth-order valence-corrected chi connectivity index (χ4v) is 7.57. The lowest BCUT2D eigenvalue weighted by Crippen LogP contribution is -2.03. The molecule has 0 saturated carbocycles. The molecule has 10 aromatic rings. The number of hydrogen-bond acceptors (Lipinski definition) is 2. The fourth-order valence-electron chi connectivity index (χ4n) is 7.57. The lowest BCUT2D eigenvalue weighted by Gasteiger charge is -2.14. The van der Waals surface area contributed by atoms with Crippen LogP contribution in [0, 0.1) is 0 Å². The van der Waals surface area contributed by atoms with Gasteiger partial charge in [0.25, 0.3) is 0 Å². The summed E-state index contributed by atoms with van der Waals surface area (Å²) in [7, 11) is 0. The summed E-state index contributed by atoms with van der Waals surface area (Å²) in [5.74, 6) is 0.656. The normalized spacial score (nSPS) is 11.7. The topological polar surface area (TPSA) is 30.7 Å². The summed E-state index contributed by atoms with van der Waals surface area (Å²) in [6, 6.07) is 62.5. The molecule has 0 amide bonds. The quantitative estimate of drug-likeness (QED) is 0.195. The lowest BCUT2D eigenvalue weighted by atomic mass is 9.94. The Balaban J connectivity index is 1.34. The average molecular weight is 624 g/mol. The van der Waals surface area contributed by atoms with Gasteiger partial charge in [0.1, 0.15) is 0 Å². The van der Waals surface area contributed by atoms with Crippen molar-refractivity contribution >= 4 is 54.3 Å². The molecule has 0 aliphatic heterocycles. The van der Waals surface area contributed by atoms with E-state index in [1.165, 1.54) is 49.0 Å². The zero-order chi connectivity index (χ0) is 32.3. The summed E-state index contributed by atoms with van der Waals surface area (Å²) in [6.07, 6.45) is 0. The number of rotatable bonds is 4. The molecule has 0 bridgehead atoms. The second-order valence-corrected chi connectivity index (χ2v) is 12.6. The third-order valence-corrected chi connectivity index (χ3v) is 9.78. The number of hydrogen-bond donors (Lipinski definition) is 0. The minimum atomic E-state index is 0.656. The molecule has 3 nitrogen and oxygen atoms in total. The van der Waals surface area contributed by atoms with Gasteiger partial charge in [-0.1, -0.05) is 152 Å². The van der Waals surface area contributed by atoms with Crippen LogP contribution in [0.25, 0.3) is 93.7 Å². The summed E-state index contributed by atoms with van der Waals surface area (Å²) < 4.78 is 2.28. The highest BCUT2D eigenvalue weighted by atomic mass is 15.2. The van der Waals surface area contributed by atoms with Crippen LogP contribution >= 0.6 is 0 Å². The Morgan fingerprint density at radius 1 is 0.367 bits per heavy atom. The van der Waals surface area contributed by atoms with Gasteiger partial charge < -0.3 is 0 Å². The van der Waals surface area contributed by atoms with E-state index in [0.29, 0.717) is 5.95 Å². The molecule has 0 N–H and O–H groups in total. The molecule has 8 aromatic carbocycles. The molecule has 0 radical (unpaired) electrons. The minimum absolute atomic E-state index is 0.656. The molecule has 0 unspecified atom stereocenters. The molecule has 0 saturated heterocycles. The van der Waals surface area contributed by atoms with Crippen LogP contribution < -0.4 is 0 Å². The predicted molar refractivity (Wildman–Crippen MR) is 205 cm³/mol. The first-order valence-electron chi connectivity index (χ1n) is 16.7. The lowest BCUT2D eigenvalue weighted by molar-refractivity contribution is 1.01. The Morgan fingerprint density at radius 2 is 0.980 bits per heavy atom. The number of benzene rings is 8. The largest absolute Gasteiger partial charge is 0.278 e. The van der Waals surface area contributed by atoms with Gasteiger partial charge in [0.15, 0.2) is 0 Å². The van der Waals surface area contributed by atoms with Crippen LogP contribution in [0.3, 0.4) is 0 Å². The number of fused-ring (bicyclic) bond motifs is 8. The van der Waals surface area contributed by atoms with Crippen LogP contribution in [0.4, 0.5) is 0 Å². The fraction of sp³-hybridized carbons (Fsp3) is 0. The first-order valence-corrected chi connectivity index (χ1v) is 16.7. The zero-order valence-corrected chi connectivity index (χ0v) is 26.6. The minimum Gasteiger partial charge on any atom is -0.278 e. The maximum absolute atomic E-state index is 5.46. The maximum Gasteiger partial charge on any atom is 0.235 e. The van der Waals surface area contributed by atoms with Gasteiger partial charge in [-0.3, -0.25) is 4.57 Å². The predicted octanol–water partition coefficient (Wildman–Crippen LogP) is 12.0. The van der Waals surface area contributed by atoms with Gasteiger partial charge in [0.05, 0.1) is 22.2 Å². The molecule has 228 valence electrons. The van der Waals surface area contributed by atoms with Gasteiger partial charge in [-0.2, -0.15) is 0 Å². The van der Waals surface area contributed by atoms with Gasteiger partial charge in [-0.05, 0) is 68.1 Å². The number of nitrogens with zero attached hydrogens (tertiary/aromatic N) is 3. The van der Waals surface area contributed by atoms with E-state index >= 15 is 0 Å². The molecule has 0 fully saturated rings. The summed E-state index contributed by atoms with van der Waals surface area (Å²) in [6.45, 7) is 0. The van der Waals surface area contributed by atoms with Gasteiger partial charge in [-0.25, -0.2) is 9.97 Å². The molecule has 3 heteroatoms.